The summed E-state index contributed by atoms with van der Waals surface area (Å²) in [6.07, 6.45) is 1.02. The maximum absolute atomic E-state index is 6.10. The molecule has 1 aromatic carbocycles. The Balaban J connectivity index is 1.71. The molecule has 0 spiro atoms. The smallest absolute Gasteiger partial charge is 0.138 e. The van der Waals surface area contributed by atoms with Gasteiger partial charge < -0.3 is 10.6 Å². The molecule has 120 valence electrons. The summed E-state index contributed by atoms with van der Waals surface area (Å²) >= 11 is 1.76. The third kappa shape index (κ3) is 2.12. The molecule has 3 aromatic rings. The second kappa shape index (κ2) is 5.32. The van der Waals surface area contributed by atoms with Crippen molar-refractivity contribution in [2.24, 2.45) is 21.2 Å². The van der Waals surface area contributed by atoms with Crippen molar-refractivity contribution < 1.29 is 0 Å². The Morgan fingerprint density at radius 2 is 2.17 bits per heavy atom. The molecular weight excluding hydrogens is 320 g/mol. The molecule has 1 atom stereocenters. The number of aromatic nitrogens is 1. The fraction of sp³-hybridized carbons (Fsp3) is 0.294. The second-order valence-corrected chi connectivity index (χ2v) is 7.18. The van der Waals surface area contributed by atoms with E-state index in [0.717, 1.165) is 42.1 Å². The van der Waals surface area contributed by atoms with Crippen molar-refractivity contribution in [3.05, 3.63) is 35.2 Å². The molecule has 4 heterocycles. The summed E-state index contributed by atoms with van der Waals surface area (Å²) in [5.41, 5.74) is 9.03. The number of rotatable bonds is 2. The van der Waals surface area contributed by atoms with Gasteiger partial charge in [-0.15, -0.1) is 16.4 Å². The summed E-state index contributed by atoms with van der Waals surface area (Å²) in [6, 6.07) is 8.72. The lowest BCUT2D eigenvalue weighted by atomic mass is 10.1. The average Bonchev–Trinajstić information content (AvgIpc) is 3.34. The van der Waals surface area contributed by atoms with Gasteiger partial charge in [0.05, 0.1) is 11.2 Å². The van der Waals surface area contributed by atoms with Crippen LogP contribution in [0.15, 0.2) is 45.1 Å². The van der Waals surface area contributed by atoms with Gasteiger partial charge >= 0.3 is 0 Å². The van der Waals surface area contributed by atoms with E-state index >= 15 is 0 Å². The Labute approximate surface area is 142 Å². The highest BCUT2D eigenvalue weighted by molar-refractivity contribution is 7.18. The highest BCUT2D eigenvalue weighted by Gasteiger charge is 2.23. The van der Waals surface area contributed by atoms with Crippen molar-refractivity contribution in [2.75, 3.05) is 24.5 Å². The molecule has 2 aromatic heterocycles. The van der Waals surface area contributed by atoms with Crippen molar-refractivity contribution in [1.29, 1.82) is 0 Å². The Morgan fingerprint density at radius 1 is 1.21 bits per heavy atom. The Kier molecular flexibility index (Phi) is 3.11. The van der Waals surface area contributed by atoms with Gasteiger partial charge in [0.2, 0.25) is 0 Å². The van der Waals surface area contributed by atoms with Crippen LogP contribution in [0, 0.1) is 0 Å². The molecule has 7 heteroatoms. The summed E-state index contributed by atoms with van der Waals surface area (Å²) in [5, 5.41) is 16.3. The fourth-order valence-electron chi connectivity index (χ4n) is 3.45. The summed E-state index contributed by atoms with van der Waals surface area (Å²) in [7, 11) is 0. The van der Waals surface area contributed by atoms with Crippen LogP contribution in [0.3, 0.4) is 0 Å². The lowest BCUT2D eigenvalue weighted by Crippen LogP contribution is -2.27. The highest BCUT2D eigenvalue weighted by atomic mass is 32.1. The molecule has 0 saturated carbocycles. The predicted octanol–water partition coefficient (Wildman–Crippen LogP) is 3.16. The molecule has 6 nitrogen and oxygen atoms in total. The van der Waals surface area contributed by atoms with Crippen molar-refractivity contribution in [1.82, 2.24) is 4.98 Å². The standard InChI is InChI=1S/C17H16N6S/c18-11-3-5-23(9-11)17-13-4-6-24-16(13)12-2-1-10(7-14(12)20-17)15-8-19-22-21-15/h1-2,4,6-7,11H,3,5,8-9,18H2. The molecule has 1 fully saturated rings. The van der Waals surface area contributed by atoms with E-state index in [1.165, 1.54) is 15.5 Å². The number of anilines is 1. The highest BCUT2D eigenvalue weighted by Crippen LogP contribution is 2.36. The first kappa shape index (κ1) is 14.0. The Morgan fingerprint density at radius 3 is 2.96 bits per heavy atom. The number of nitrogens with zero attached hydrogens (tertiary/aromatic N) is 5. The van der Waals surface area contributed by atoms with E-state index in [1.807, 2.05) is 0 Å². The zero-order chi connectivity index (χ0) is 16.1. The maximum atomic E-state index is 6.10. The fourth-order valence-corrected chi connectivity index (χ4v) is 4.38. The van der Waals surface area contributed by atoms with E-state index in [0.29, 0.717) is 6.54 Å². The number of thiophene rings is 1. The van der Waals surface area contributed by atoms with Crippen molar-refractivity contribution >= 4 is 43.9 Å². The molecule has 1 saturated heterocycles. The Bertz CT molecular complexity index is 1000. The van der Waals surface area contributed by atoms with Gasteiger partial charge in [0.25, 0.3) is 0 Å². The molecule has 2 N–H and O–H groups in total. The first-order valence-corrected chi connectivity index (χ1v) is 8.93. The second-order valence-electron chi connectivity index (χ2n) is 6.26. The minimum Gasteiger partial charge on any atom is -0.354 e. The Hall–Kier alpha value is -2.38. The van der Waals surface area contributed by atoms with Crippen LogP contribution in [0.25, 0.3) is 21.0 Å². The van der Waals surface area contributed by atoms with E-state index in [-0.39, 0.29) is 6.04 Å². The summed E-state index contributed by atoms with van der Waals surface area (Å²) in [4.78, 5) is 7.29. The molecule has 0 aliphatic carbocycles. The average molecular weight is 336 g/mol. The molecule has 0 radical (unpaired) electrons. The first-order valence-electron chi connectivity index (χ1n) is 8.05. The lowest BCUT2D eigenvalue weighted by molar-refractivity contribution is 0.752. The third-order valence-corrected chi connectivity index (χ3v) is 5.63. The number of fused-ring (bicyclic) bond motifs is 3. The van der Waals surface area contributed by atoms with E-state index in [4.69, 9.17) is 10.7 Å². The van der Waals surface area contributed by atoms with Crippen LogP contribution in [-0.2, 0) is 0 Å². The molecule has 2 aliphatic heterocycles. The topological polar surface area (TPSA) is 79.2 Å². The monoisotopic (exact) mass is 336 g/mol. The van der Waals surface area contributed by atoms with Gasteiger partial charge in [-0.2, -0.15) is 5.11 Å². The van der Waals surface area contributed by atoms with Gasteiger partial charge in [-0.3, -0.25) is 0 Å². The van der Waals surface area contributed by atoms with E-state index in [1.54, 1.807) is 11.3 Å². The number of hydrogen-bond acceptors (Lipinski definition) is 7. The van der Waals surface area contributed by atoms with Crippen LogP contribution >= 0.6 is 11.3 Å². The SMILES string of the molecule is NC1CCN(c2nc3cc(C4=NN=NC4)ccc3c3sccc23)C1. The van der Waals surface area contributed by atoms with Gasteiger partial charge in [-0.05, 0) is 29.2 Å². The molecule has 1 unspecified atom stereocenters. The van der Waals surface area contributed by atoms with Crippen LogP contribution in [0.2, 0.25) is 0 Å². The number of hydrogen-bond donors (Lipinski definition) is 1. The first-order chi connectivity index (χ1) is 11.8. The summed E-state index contributed by atoms with van der Waals surface area (Å²) in [6.45, 7) is 2.38. The van der Waals surface area contributed by atoms with Gasteiger partial charge in [0, 0.05) is 40.2 Å². The minimum absolute atomic E-state index is 0.235. The lowest BCUT2D eigenvalue weighted by Gasteiger charge is -2.19. The van der Waals surface area contributed by atoms with Gasteiger partial charge in [-0.1, -0.05) is 12.1 Å². The zero-order valence-electron chi connectivity index (χ0n) is 13.0. The normalized spacial score (nSPS) is 20.5. The summed E-state index contributed by atoms with van der Waals surface area (Å²) in [5.74, 6) is 1.05. The van der Waals surface area contributed by atoms with Gasteiger partial charge in [0.1, 0.15) is 12.4 Å². The number of benzene rings is 1. The van der Waals surface area contributed by atoms with Crippen molar-refractivity contribution in [3.63, 3.8) is 0 Å². The van der Waals surface area contributed by atoms with Crippen LogP contribution in [0.4, 0.5) is 5.82 Å². The van der Waals surface area contributed by atoms with Crippen LogP contribution < -0.4 is 10.6 Å². The van der Waals surface area contributed by atoms with Crippen molar-refractivity contribution in [2.45, 2.75) is 12.5 Å². The van der Waals surface area contributed by atoms with Crippen LogP contribution in [-0.4, -0.2) is 36.4 Å². The molecule has 2 aliphatic rings. The zero-order valence-corrected chi connectivity index (χ0v) is 13.8. The molecule has 24 heavy (non-hydrogen) atoms. The molecule has 5 rings (SSSR count). The number of pyridine rings is 1. The maximum Gasteiger partial charge on any atom is 0.138 e. The largest absolute Gasteiger partial charge is 0.354 e. The van der Waals surface area contributed by atoms with E-state index in [9.17, 15) is 0 Å². The van der Waals surface area contributed by atoms with Crippen LogP contribution in [0.5, 0.6) is 0 Å². The van der Waals surface area contributed by atoms with E-state index < -0.39 is 0 Å². The predicted molar refractivity (Wildman–Crippen MR) is 98.2 cm³/mol. The number of nitrogens with two attached hydrogens (primary N) is 1. The molecule has 0 bridgehead atoms. The van der Waals surface area contributed by atoms with Crippen LogP contribution in [0.1, 0.15) is 12.0 Å². The molecular formula is C17H16N6S. The van der Waals surface area contributed by atoms with Gasteiger partial charge in [0.15, 0.2) is 0 Å². The van der Waals surface area contributed by atoms with Gasteiger partial charge in [-0.25, -0.2) is 4.98 Å². The van der Waals surface area contributed by atoms with Crippen molar-refractivity contribution in [3.8, 4) is 0 Å². The minimum atomic E-state index is 0.235. The van der Waals surface area contributed by atoms with E-state index in [2.05, 4.69) is 50.0 Å². The molecule has 0 amide bonds. The quantitative estimate of drug-likeness (QED) is 0.780. The summed E-state index contributed by atoms with van der Waals surface area (Å²) < 4.78 is 1.28. The third-order valence-electron chi connectivity index (χ3n) is 4.68.